The number of phenolic OH excluding ortho intramolecular Hbond substituents is 1. The van der Waals surface area contributed by atoms with E-state index in [1.807, 2.05) is 0 Å². The third kappa shape index (κ3) is 11.5. The number of hydrogen-bond donors (Lipinski definition) is 9. The molecule has 0 radical (unpaired) electrons. The summed E-state index contributed by atoms with van der Waals surface area (Å²) in [6, 6.07) is -0.579. The molecule has 6 atom stereocenters. The second kappa shape index (κ2) is 17.5. The summed E-state index contributed by atoms with van der Waals surface area (Å²) in [5.41, 5.74) is 6.71. The van der Waals surface area contributed by atoms with Crippen molar-refractivity contribution in [1.29, 1.82) is 0 Å². The Kier molecular flexibility index (Phi) is 14.1. The first-order valence-corrected chi connectivity index (χ1v) is 14.8. The van der Waals surface area contributed by atoms with E-state index in [9.17, 15) is 39.0 Å². The molecule has 16 heteroatoms. The van der Waals surface area contributed by atoms with Crippen molar-refractivity contribution in [3.8, 4) is 5.75 Å². The fourth-order valence-electron chi connectivity index (χ4n) is 4.45. The number of carbonyl (C=O) groups is 6. The number of hydrogen-bond acceptors (Lipinski definition) is 9. The Morgan fingerprint density at radius 2 is 1.41 bits per heavy atom. The van der Waals surface area contributed by atoms with Crippen LogP contribution in [0.4, 0.5) is 0 Å². The lowest BCUT2D eigenvalue weighted by Gasteiger charge is -2.30. The number of aromatic hydroxyl groups is 1. The van der Waals surface area contributed by atoms with Gasteiger partial charge in [0.25, 0.3) is 0 Å². The van der Waals surface area contributed by atoms with Gasteiger partial charge in [-0.15, -0.1) is 0 Å². The molecule has 0 unspecified atom stereocenters. The Labute approximate surface area is 265 Å². The van der Waals surface area contributed by atoms with Crippen molar-refractivity contribution in [3.05, 3.63) is 48.0 Å². The normalized spacial score (nSPS) is 15.0. The molecule has 0 saturated heterocycles. The molecule has 0 bridgehead atoms. The van der Waals surface area contributed by atoms with Gasteiger partial charge in [0.2, 0.25) is 23.6 Å². The van der Waals surface area contributed by atoms with Crippen molar-refractivity contribution >= 4 is 35.6 Å². The van der Waals surface area contributed by atoms with Crippen LogP contribution in [-0.4, -0.2) is 91.1 Å². The molecule has 1 aromatic heterocycles. The predicted octanol–water partition coefficient (Wildman–Crippen LogP) is -0.572. The van der Waals surface area contributed by atoms with Crippen LogP contribution in [0.5, 0.6) is 5.75 Å². The van der Waals surface area contributed by atoms with Crippen LogP contribution in [0.25, 0.3) is 0 Å². The summed E-state index contributed by atoms with van der Waals surface area (Å²) in [5, 5.41) is 38.5. The summed E-state index contributed by atoms with van der Waals surface area (Å²) < 4.78 is 0. The number of nitrogens with one attached hydrogen (secondary N) is 5. The van der Waals surface area contributed by atoms with Gasteiger partial charge in [0, 0.05) is 24.7 Å². The fraction of sp³-hybridized carbons (Fsp3) is 0.500. The highest BCUT2D eigenvalue weighted by molar-refractivity contribution is 5.96. The summed E-state index contributed by atoms with van der Waals surface area (Å²) >= 11 is 0. The second-order valence-corrected chi connectivity index (χ2v) is 11.4. The number of carbonyl (C=O) groups excluding carboxylic acids is 4. The molecule has 46 heavy (non-hydrogen) atoms. The maximum Gasteiger partial charge on any atom is 0.326 e. The molecule has 1 heterocycles. The molecule has 10 N–H and O–H groups in total. The van der Waals surface area contributed by atoms with Gasteiger partial charge in [-0.2, -0.15) is 0 Å². The molecule has 2 rings (SSSR count). The quantitative estimate of drug-likeness (QED) is 0.0990. The van der Waals surface area contributed by atoms with Crippen LogP contribution in [0.1, 0.15) is 51.8 Å². The van der Waals surface area contributed by atoms with Gasteiger partial charge in [0.15, 0.2) is 0 Å². The molecule has 0 aliphatic carbocycles. The molecule has 4 amide bonds. The number of imidazole rings is 1. The molecular formula is C30H43N7O9. The number of phenols is 1. The molecule has 0 saturated carbocycles. The number of nitrogens with zero attached hydrogens (tertiary/aromatic N) is 1. The smallest absolute Gasteiger partial charge is 0.326 e. The van der Waals surface area contributed by atoms with E-state index in [4.69, 9.17) is 10.8 Å². The number of nitrogens with two attached hydrogens (primary N) is 1. The third-order valence-corrected chi connectivity index (χ3v) is 7.37. The highest BCUT2D eigenvalue weighted by atomic mass is 16.4. The van der Waals surface area contributed by atoms with Crippen LogP contribution < -0.4 is 27.0 Å². The topological polar surface area (TPSA) is 266 Å². The summed E-state index contributed by atoms with van der Waals surface area (Å²) in [7, 11) is 0. The largest absolute Gasteiger partial charge is 0.508 e. The number of carboxylic acids is 2. The van der Waals surface area contributed by atoms with E-state index in [1.54, 1.807) is 27.7 Å². The number of aromatic nitrogens is 2. The van der Waals surface area contributed by atoms with Gasteiger partial charge in [-0.25, -0.2) is 9.78 Å². The Morgan fingerprint density at radius 3 is 1.93 bits per heavy atom. The van der Waals surface area contributed by atoms with Gasteiger partial charge in [-0.3, -0.25) is 24.0 Å². The first kappa shape index (κ1) is 37.2. The van der Waals surface area contributed by atoms with Crippen LogP contribution in [0, 0.1) is 11.8 Å². The summed E-state index contributed by atoms with van der Waals surface area (Å²) in [4.78, 5) is 82.6. The van der Waals surface area contributed by atoms with Crippen molar-refractivity contribution in [2.24, 2.45) is 17.6 Å². The van der Waals surface area contributed by atoms with Crippen molar-refractivity contribution in [3.63, 3.8) is 0 Å². The predicted molar refractivity (Wildman–Crippen MR) is 164 cm³/mol. The molecule has 0 aliphatic heterocycles. The molecular weight excluding hydrogens is 602 g/mol. The minimum atomic E-state index is -1.45. The molecule has 16 nitrogen and oxygen atoms in total. The van der Waals surface area contributed by atoms with Crippen molar-refractivity contribution < 1.29 is 44.1 Å². The van der Waals surface area contributed by atoms with E-state index in [0.717, 1.165) is 0 Å². The van der Waals surface area contributed by atoms with E-state index in [-0.39, 0.29) is 18.6 Å². The zero-order valence-corrected chi connectivity index (χ0v) is 26.1. The SMILES string of the molecule is CC[C@H](C)[C@H](NC(=O)[C@@H](NC(=O)[C@H](Cc1ccc(O)cc1)NC(=O)[C@@H](N)CC(=O)O)C(C)C)C(=O)N[C@@H](Cc1cnc[nH]1)C(=O)O. The molecule has 0 spiro atoms. The number of aromatic amines is 1. The third-order valence-electron chi connectivity index (χ3n) is 7.37. The highest BCUT2D eigenvalue weighted by Crippen LogP contribution is 2.14. The van der Waals surface area contributed by atoms with E-state index in [2.05, 4.69) is 31.2 Å². The van der Waals surface area contributed by atoms with Crippen LogP contribution in [0.15, 0.2) is 36.8 Å². The maximum atomic E-state index is 13.6. The Hall–Kier alpha value is -4.99. The monoisotopic (exact) mass is 645 g/mol. The number of benzene rings is 1. The number of amides is 4. The van der Waals surface area contributed by atoms with Gasteiger partial charge >= 0.3 is 11.9 Å². The van der Waals surface area contributed by atoms with Crippen LogP contribution in [0.2, 0.25) is 0 Å². The van der Waals surface area contributed by atoms with Gasteiger partial charge < -0.3 is 47.3 Å². The Morgan fingerprint density at radius 1 is 0.826 bits per heavy atom. The molecule has 0 aliphatic rings. The van der Waals surface area contributed by atoms with E-state index >= 15 is 0 Å². The van der Waals surface area contributed by atoms with Gasteiger partial charge in [-0.1, -0.05) is 46.2 Å². The maximum absolute atomic E-state index is 13.6. The lowest BCUT2D eigenvalue weighted by atomic mass is 9.95. The van der Waals surface area contributed by atoms with Gasteiger partial charge in [0.1, 0.15) is 29.9 Å². The summed E-state index contributed by atoms with van der Waals surface area (Å²) in [6.07, 6.45) is 2.42. The number of rotatable bonds is 18. The molecule has 1 aromatic carbocycles. The fourth-order valence-corrected chi connectivity index (χ4v) is 4.45. The van der Waals surface area contributed by atoms with E-state index in [1.165, 1.54) is 36.8 Å². The minimum absolute atomic E-state index is 0.0234. The van der Waals surface area contributed by atoms with Crippen molar-refractivity contribution in [2.45, 2.75) is 83.6 Å². The van der Waals surface area contributed by atoms with Crippen LogP contribution in [0.3, 0.4) is 0 Å². The first-order valence-electron chi connectivity index (χ1n) is 14.8. The summed E-state index contributed by atoms with van der Waals surface area (Å²) in [6.45, 7) is 6.82. The highest BCUT2D eigenvalue weighted by Gasteiger charge is 2.35. The lowest BCUT2D eigenvalue weighted by molar-refractivity contribution is -0.142. The Bertz CT molecular complexity index is 1350. The van der Waals surface area contributed by atoms with Crippen LogP contribution in [-0.2, 0) is 41.6 Å². The number of aliphatic carboxylic acids is 2. The first-order chi connectivity index (χ1) is 21.6. The van der Waals surface area contributed by atoms with E-state index in [0.29, 0.717) is 17.7 Å². The van der Waals surface area contributed by atoms with Gasteiger partial charge in [0.05, 0.1) is 18.8 Å². The summed E-state index contributed by atoms with van der Waals surface area (Å²) in [5.74, 6) is -6.68. The van der Waals surface area contributed by atoms with Crippen molar-refractivity contribution in [1.82, 2.24) is 31.2 Å². The zero-order valence-electron chi connectivity index (χ0n) is 26.1. The standard InChI is InChI=1S/C30H43N7O9/c1-5-16(4)25(29(44)35-22(30(45)46)11-18-13-32-14-33-18)37-28(43)24(15(2)3)36-27(42)21(10-17-6-8-19(38)9-7-17)34-26(41)20(31)12-23(39)40/h6-9,13-16,20-22,24-25,38H,5,10-12,31H2,1-4H3,(H,32,33)(H,34,41)(H,35,44)(H,36,42)(H,37,43)(H,39,40)(H,45,46)/t16-,20-,21-,22-,24-,25-/m0/s1. The van der Waals surface area contributed by atoms with Crippen LogP contribution >= 0.6 is 0 Å². The van der Waals surface area contributed by atoms with E-state index < -0.39 is 84.0 Å². The average molecular weight is 646 g/mol. The second-order valence-electron chi connectivity index (χ2n) is 11.4. The lowest BCUT2D eigenvalue weighted by Crippen LogP contribution is -2.61. The molecule has 252 valence electrons. The molecule has 0 fully saturated rings. The average Bonchev–Trinajstić information content (AvgIpc) is 3.50. The van der Waals surface area contributed by atoms with Gasteiger partial charge in [-0.05, 0) is 29.5 Å². The zero-order chi connectivity index (χ0) is 34.6. The minimum Gasteiger partial charge on any atom is -0.508 e. The Balaban J connectivity index is 2.26. The number of carboxylic acid groups (broad SMARTS) is 2. The number of H-pyrrole nitrogens is 1. The van der Waals surface area contributed by atoms with Crippen molar-refractivity contribution in [2.75, 3.05) is 0 Å². The molecule has 2 aromatic rings.